The lowest BCUT2D eigenvalue weighted by Gasteiger charge is -2.37. The van der Waals surface area contributed by atoms with Gasteiger partial charge >= 0.3 is 0 Å². The normalized spacial score (nSPS) is 13.6. The average Bonchev–Trinajstić information content (AvgIpc) is 4.09. The molecule has 388 valence electrons. The van der Waals surface area contributed by atoms with Crippen molar-refractivity contribution in [1.29, 1.82) is 0 Å². The first kappa shape index (κ1) is 62.3. The second-order valence-corrected chi connectivity index (χ2v) is 21.3. The van der Waals surface area contributed by atoms with Gasteiger partial charge in [-0.15, -0.1) is 0 Å². The maximum atomic E-state index is 14.3. The van der Waals surface area contributed by atoms with E-state index in [9.17, 15) is 4.79 Å². The second kappa shape index (κ2) is 45.7. The van der Waals surface area contributed by atoms with Gasteiger partial charge in [0.2, 0.25) is 5.91 Å². The Morgan fingerprint density at radius 2 is 0.631 bits per heavy atom. The van der Waals surface area contributed by atoms with Gasteiger partial charge in [0.15, 0.2) is 0 Å². The highest BCUT2D eigenvalue weighted by Gasteiger charge is 2.48. The summed E-state index contributed by atoms with van der Waals surface area (Å²) in [4.78, 5) is 27.6. The predicted octanol–water partition coefficient (Wildman–Crippen LogP) is 16.3. The van der Waals surface area contributed by atoms with Crippen molar-refractivity contribution in [1.82, 2.24) is 24.5 Å². The fraction of sp³-hybridized carbons (Fsp3) is 0.983. The van der Waals surface area contributed by atoms with Crippen LogP contribution in [0.4, 0.5) is 0 Å². The molecule has 0 saturated heterocycles. The lowest BCUT2D eigenvalue weighted by atomic mass is 10.1. The van der Waals surface area contributed by atoms with E-state index in [1.165, 1.54) is 270 Å². The van der Waals surface area contributed by atoms with Crippen LogP contribution >= 0.6 is 0 Å². The van der Waals surface area contributed by atoms with Crippen LogP contribution in [0.25, 0.3) is 0 Å². The van der Waals surface area contributed by atoms with Crippen molar-refractivity contribution in [2.45, 2.75) is 292 Å². The van der Waals surface area contributed by atoms with Gasteiger partial charge in [-0.05, 0) is 91.1 Å². The number of hydrogen-bond acceptors (Lipinski definition) is 5. The Morgan fingerprint density at radius 3 is 0.954 bits per heavy atom. The van der Waals surface area contributed by atoms with Gasteiger partial charge in [-0.3, -0.25) is 14.6 Å². The summed E-state index contributed by atoms with van der Waals surface area (Å²) in [6, 6.07) is 0. The summed E-state index contributed by atoms with van der Waals surface area (Å²) >= 11 is 0. The van der Waals surface area contributed by atoms with E-state index in [2.05, 4.69) is 73.0 Å². The number of carbonyl (C=O) groups is 1. The topological polar surface area (TPSA) is 33.3 Å². The number of carbonyl (C=O) groups excluding carboxylic acids is 1. The van der Waals surface area contributed by atoms with Crippen LogP contribution in [0, 0.1) is 0 Å². The number of nitrogens with zero attached hydrogens (tertiary/aromatic N) is 5. The third-order valence-corrected chi connectivity index (χ3v) is 15.3. The standard InChI is InChI=1S/C59H121N5O/c1-8-15-20-25-30-35-40-47-60(48-41-36-31-26-21-16-9-2)52-53-61(49-42-37-32-27-22-17-10-3)56-58(65)63(13-6)54-55-64(14-7)59(45-46-59)57-62(50-43-38-33-28-23-18-11-4)51-44-39-34-29-24-19-12-5/h8-57H2,1-7H3. The molecule has 6 nitrogen and oxygen atoms in total. The molecule has 1 rings (SSSR count). The lowest BCUT2D eigenvalue weighted by Crippen LogP contribution is -2.50. The molecule has 0 aliphatic heterocycles. The Labute approximate surface area is 410 Å². The summed E-state index contributed by atoms with van der Waals surface area (Å²) in [7, 11) is 0. The van der Waals surface area contributed by atoms with Gasteiger partial charge in [-0.1, -0.05) is 234 Å². The van der Waals surface area contributed by atoms with Crippen LogP contribution in [-0.4, -0.2) is 121 Å². The third kappa shape index (κ3) is 35.1. The Balaban J connectivity index is 2.92. The zero-order valence-electron chi connectivity index (χ0n) is 46.0. The van der Waals surface area contributed by atoms with Gasteiger partial charge in [-0.25, -0.2) is 0 Å². The van der Waals surface area contributed by atoms with Gasteiger partial charge < -0.3 is 14.7 Å². The first-order valence-electron chi connectivity index (χ1n) is 30.1. The predicted molar refractivity (Wildman–Crippen MR) is 291 cm³/mol. The molecule has 1 aliphatic carbocycles. The van der Waals surface area contributed by atoms with Crippen molar-refractivity contribution < 1.29 is 4.79 Å². The van der Waals surface area contributed by atoms with Crippen LogP contribution in [0.1, 0.15) is 286 Å². The van der Waals surface area contributed by atoms with E-state index in [0.29, 0.717) is 18.0 Å². The number of hydrogen-bond donors (Lipinski definition) is 0. The molecule has 6 heteroatoms. The summed E-state index contributed by atoms with van der Waals surface area (Å²) < 4.78 is 0. The summed E-state index contributed by atoms with van der Waals surface area (Å²) in [6.07, 6.45) is 50.6. The summed E-state index contributed by atoms with van der Waals surface area (Å²) in [6.45, 7) is 30.0. The molecule has 0 heterocycles. The highest BCUT2D eigenvalue weighted by Crippen LogP contribution is 2.42. The van der Waals surface area contributed by atoms with E-state index in [0.717, 1.165) is 45.8 Å². The molecule has 0 N–H and O–H groups in total. The van der Waals surface area contributed by atoms with Crippen molar-refractivity contribution in [2.24, 2.45) is 0 Å². The van der Waals surface area contributed by atoms with Crippen molar-refractivity contribution in [3.8, 4) is 0 Å². The first-order chi connectivity index (χ1) is 31.9. The molecule has 0 spiro atoms. The van der Waals surface area contributed by atoms with Crippen molar-refractivity contribution in [3.63, 3.8) is 0 Å². The monoisotopic (exact) mass is 916 g/mol. The van der Waals surface area contributed by atoms with E-state index >= 15 is 0 Å². The van der Waals surface area contributed by atoms with Crippen molar-refractivity contribution in [2.75, 3.05) is 85.1 Å². The summed E-state index contributed by atoms with van der Waals surface area (Å²) in [5.74, 6) is 0.363. The van der Waals surface area contributed by atoms with Crippen LogP contribution in [0.5, 0.6) is 0 Å². The molecule has 65 heavy (non-hydrogen) atoms. The molecule has 1 amide bonds. The molecule has 0 bridgehead atoms. The van der Waals surface area contributed by atoms with Gasteiger partial charge in [0, 0.05) is 44.8 Å². The number of unbranched alkanes of at least 4 members (excludes halogenated alkanes) is 30. The van der Waals surface area contributed by atoms with Gasteiger partial charge in [0.25, 0.3) is 0 Å². The first-order valence-corrected chi connectivity index (χ1v) is 30.1. The maximum absolute atomic E-state index is 14.3. The number of amides is 1. The number of likely N-dealkylation sites (N-methyl/N-ethyl adjacent to an activating group) is 2. The SMILES string of the molecule is CCCCCCCCCN(CCCCCCCCC)CCN(CCCCCCCCC)CC(=O)N(CC)CCN(CC)C1(CN(CCCCCCCCC)CCCCCCCCC)CC1. The molecule has 1 saturated carbocycles. The van der Waals surface area contributed by atoms with Gasteiger partial charge in [0.1, 0.15) is 0 Å². The van der Waals surface area contributed by atoms with E-state index in [1.54, 1.807) is 0 Å². The fourth-order valence-electron chi connectivity index (χ4n) is 10.5. The summed E-state index contributed by atoms with van der Waals surface area (Å²) in [5, 5.41) is 0. The van der Waals surface area contributed by atoms with E-state index < -0.39 is 0 Å². The van der Waals surface area contributed by atoms with Crippen LogP contribution in [0.3, 0.4) is 0 Å². The lowest BCUT2D eigenvalue weighted by molar-refractivity contribution is -0.132. The fourth-order valence-corrected chi connectivity index (χ4v) is 10.5. The zero-order valence-corrected chi connectivity index (χ0v) is 46.0. The molecule has 1 aliphatic rings. The van der Waals surface area contributed by atoms with Crippen LogP contribution in [-0.2, 0) is 4.79 Å². The minimum atomic E-state index is 0.317. The quantitative estimate of drug-likeness (QED) is 0.0568. The molecule has 0 aromatic heterocycles. The van der Waals surface area contributed by atoms with Gasteiger partial charge in [-0.2, -0.15) is 0 Å². The smallest absolute Gasteiger partial charge is 0.236 e. The summed E-state index contributed by atoms with van der Waals surface area (Å²) in [5.41, 5.74) is 0.317. The highest BCUT2D eigenvalue weighted by atomic mass is 16.2. The molecular weight excluding hydrogens is 795 g/mol. The second-order valence-electron chi connectivity index (χ2n) is 21.3. The Morgan fingerprint density at radius 1 is 0.323 bits per heavy atom. The molecule has 0 aromatic carbocycles. The third-order valence-electron chi connectivity index (χ3n) is 15.3. The largest absolute Gasteiger partial charge is 0.341 e. The average molecular weight is 917 g/mol. The van der Waals surface area contributed by atoms with Crippen molar-refractivity contribution in [3.05, 3.63) is 0 Å². The maximum Gasteiger partial charge on any atom is 0.236 e. The van der Waals surface area contributed by atoms with Crippen LogP contribution in [0.2, 0.25) is 0 Å². The Bertz CT molecular complexity index is 952. The minimum absolute atomic E-state index is 0.317. The highest BCUT2D eigenvalue weighted by molar-refractivity contribution is 5.78. The number of rotatable bonds is 53. The molecule has 0 radical (unpaired) electrons. The molecule has 0 aromatic rings. The van der Waals surface area contributed by atoms with Crippen LogP contribution in [0.15, 0.2) is 0 Å². The molecule has 0 atom stereocenters. The van der Waals surface area contributed by atoms with Gasteiger partial charge in [0.05, 0.1) is 6.54 Å². The molecule has 1 fully saturated rings. The molecule has 0 unspecified atom stereocenters. The minimum Gasteiger partial charge on any atom is -0.341 e. The van der Waals surface area contributed by atoms with Crippen LogP contribution < -0.4 is 0 Å². The Hall–Kier alpha value is -0.690. The van der Waals surface area contributed by atoms with E-state index in [4.69, 9.17) is 0 Å². The van der Waals surface area contributed by atoms with Crippen molar-refractivity contribution >= 4 is 5.91 Å². The molecular formula is C59H121N5O. The van der Waals surface area contributed by atoms with E-state index in [1.807, 2.05) is 0 Å². The van der Waals surface area contributed by atoms with E-state index in [-0.39, 0.29) is 0 Å². The Kier molecular flexibility index (Phi) is 43.9. The zero-order chi connectivity index (χ0) is 47.3.